The van der Waals surface area contributed by atoms with E-state index in [0.29, 0.717) is 5.91 Å². The molecule has 0 radical (unpaired) electrons. The number of rotatable bonds is 3. The number of hydrogen-bond acceptors (Lipinski definition) is 3. The van der Waals surface area contributed by atoms with Gasteiger partial charge in [0, 0.05) is 44.3 Å². The molecule has 1 aromatic rings. The number of benzene rings is 1. The molecular formula is C24H36N2O2. The molecule has 0 saturated carbocycles. The Labute approximate surface area is 170 Å². The molecule has 3 aliphatic heterocycles. The molecule has 4 rings (SSSR count). The predicted octanol–water partition coefficient (Wildman–Crippen LogP) is 3.88. The van der Waals surface area contributed by atoms with E-state index >= 15 is 0 Å². The Bertz CT molecular complexity index is 683. The summed E-state index contributed by atoms with van der Waals surface area (Å²) in [5.74, 6) is 1.08. The van der Waals surface area contributed by atoms with Crippen LogP contribution in [0.3, 0.4) is 0 Å². The first-order valence-corrected chi connectivity index (χ1v) is 11.3. The fourth-order valence-corrected chi connectivity index (χ4v) is 5.49. The van der Waals surface area contributed by atoms with Gasteiger partial charge in [-0.15, -0.1) is 0 Å². The fourth-order valence-electron chi connectivity index (χ4n) is 5.49. The van der Waals surface area contributed by atoms with E-state index in [1.807, 2.05) is 13.8 Å². The molecule has 0 aromatic heterocycles. The standard InChI is InChI=1S/C24H36N2O2/c1-19(2)23(27)25-17-22-8-4-3-7-21(22)15-24(18-25)11-5-6-12-26(24)16-20-9-13-28-14-10-20/h3-4,7-8,19-20H,5-6,9-18H2,1-2H3. The van der Waals surface area contributed by atoms with Crippen LogP contribution in [0.4, 0.5) is 0 Å². The highest BCUT2D eigenvalue weighted by Crippen LogP contribution is 2.38. The number of carbonyl (C=O) groups excluding carboxylic acids is 1. The molecule has 2 fully saturated rings. The monoisotopic (exact) mass is 384 g/mol. The molecule has 0 aliphatic carbocycles. The summed E-state index contributed by atoms with van der Waals surface area (Å²) in [6.45, 7) is 9.86. The summed E-state index contributed by atoms with van der Waals surface area (Å²) in [5.41, 5.74) is 2.87. The first-order valence-electron chi connectivity index (χ1n) is 11.3. The average Bonchev–Trinajstić information content (AvgIpc) is 2.87. The molecular weight excluding hydrogens is 348 g/mol. The van der Waals surface area contributed by atoms with Gasteiger partial charge in [-0.3, -0.25) is 9.69 Å². The Kier molecular flexibility index (Phi) is 6.07. The molecule has 1 unspecified atom stereocenters. The van der Waals surface area contributed by atoms with Crippen LogP contribution < -0.4 is 0 Å². The minimum absolute atomic E-state index is 0.0508. The second kappa shape index (κ2) is 8.54. The zero-order chi connectivity index (χ0) is 19.6. The lowest BCUT2D eigenvalue weighted by Gasteiger charge is -2.50. The molecule has 3 heterocycles. The molecule has 1 atom stereocenters. The van der Waals surface area contributed by atoms with E-state index in [9.17, 15) is 4.79 Å². The van der Waals surface area contributed by atoms with Crippen molar-refractivity contribution in [2.45, 2.75) is 64.5 Å². The van der Waals surface area contributed by atoms with Gasteiger partial charge in [-0.25, -0.2) is 0 Å². The van der Waals surface area contributed by atoms with Gasteiger partial charge < -0.3 is 9.64 Å². The van der Waals surface area contributed by atoms with Crippen LogP contribution in [0.25, 0.3) is 0 Å². The second-order valence-corrected chi connectivity index (χ2v) is 9.48. The van der Waals surface area contributed by atoms with Gasteiger partial charge in [0.25, 0.3) is 0 Å². The third-order valence-electron chi connectivity index (χ3n) is 7.10. The third kappa shape index (κ3) is 4.13. The van der Waals surface area contributed by atoms with Crippen molar-refractivity contribution in [2.75, 3.05) is 32.8 Å². The molecule has 4 nitrogen and oxygen atoms in total. The van der Waals surface area contributed by atoms with Gasteiger partial charge in [-0.1, -0.05) is 44.5 Å². The molecule has 1 amide bonds. The van der Waals surface area contributed by atoms with Crippen LogP contribution in [-0.2, 0) is 22.5 Å². The molecule has 2 saturated heterocycles. The van der Waals surface area contributed by atoms with Crippen LogP contribution >= 0.6 is 0 Å². The van der Waals surface area contributed by atoms with Crippen molar-refractivity contribution in [2.24, 2.45) is 11.8 Å². The van der Waals surface area contributed by atoms with Crippen molar-refractivity contribution in [1.82, 2.24) is 9.80 Å². The van der Waals surface area contributed by atoms with E-state index in [-0.39, 0.29) is 11.5 Å². The lowest BCUT2D eigenvalue weighted by atomic mass is 9.79. The number of carbonyl (C=O) groups is 1. The molecule has 0 N–H and O–H groups in total. The van der Waals surface area contributed by atoms with Crippen molar-refractivity contribution >= 4 is 5.91 Å². The highest BCUT2D eigenvalue weighted by Gasteiger charge is 2.44. The molecule has 28 heavy (non-hydrogen) atoms. The zero-order valence-electron chi connectivity index (χ0n) is 17.7. The van der Waals surface area contributed by atoms with Crippen molar-refractivity contribution in [3.8, 4) is 0 Å². The predicted molar refractivity (Wildman–Crippen MR) is 112 cm³/mol. The number of hydrogen-bond donors (Lipinski definition) is 0. The number of piperidine rings is 1. The maximum Gasteiger partial charge on any atom is 0.225 e. The second-order valence-electron chi connectivity index (χ2n) is 9.48. The summed E-state index contributed by atoms with van der Waals surface area (Å²) < 4.78 is 5.60. The third-order valence-corrected chi connectivity index (χ3v) is 7.10. The van der Waals surface area contributed by atoms with E-state index in [1.165, 1.54) is 49.8 Å². The van der Waals surface area contributed by atoms with Crippen LogP contribution in [0.5, 0.6) is 0 Å². The van der Waals surface area contributed by atoms with Crippen LogP contribution in [0.1, 0.15) is 57.1 Å². The van der Waals surface area contributed by atoms with E-state index in [1.54, 1.807) is 0 Å². The van der Waals surface area contributed by atoms with Gasteiger partial charge >= 0.3 is 0 Å². The number of ether oxygens (including phenoxy) is 1. The van der Waals surface area contributed by atoms with E-state index in [2.05, 4.69) is 34.1 Å². The van der Waals surface area contributed by atoms with Gasteiger partial charge in [-0.2, -0.15) is 0 Å². The molecule has 4 heteroatoms. The molecule has 0 bridgehead atoms. The highest BCUT2D eigenvalue weighted by molar-refractivity contribution is 5.78. The molecule has 1 aromatic carbocycles. The van der Waals surface area contributed by atoms with Gasteiger partial charge in [0.2, 0.25) is 5.91 Å². The zero-order valence-corrected chi connectivity index (χ0v) is 17.7. The van der Waals surface area contributed by atoms with Crippen molar-refractivity contribution < 1.29 is 9.53 Å². The molecule has 1 spiro atoms. The Balaban J connectivity index is 1.65. The van der Waals surface area contributed by atoms with Crippen molar-refractivity contribution in [3.05, 3.63) is 35.4 Å². The van der Waals surface area contributed by atoms with Crippen molar-refractivity contribution in [1.29, 1.82) is 0 Å². The minimum atomic E-state index is 0.0508. The van der Waals surface area contributed by atoms with Crippen LogP contribution in [-0.4, -0.2) is 54.1 Å². The van der Waals surface area contributed by atoms with Gasteiger partial charge in [0.1, 0.15) is 0 Å². The molecule has 154 valence electrons. The lowest BCUT2D eigenvalue weighted by molar-refractivity contribution is -0.138. The summed E-state index contributed by atoms with van der Waals surface area (Å²) >= 11 is 0. The van der Waals surface area contributed by atoms with Gasteiger partial charge in [0.05, 0.1) is 0 Å². The summed E-state index contributed by atoms with van der Waals surface area (Å²) in [7, 11) is 0. The van der Waals surface area contributed by atoms with Crippen LogP contribution in [0.15, 0.2) is 24.3 Å². The number of likely N-dealkylation sites (tertiary alicyclic amines) is 1. The fraction of sp³-hybridized carbons (Fsp3) is 0.708. The molecule has 3 aliphatic rings. The maximum atomic E-state index is 13.1. The Hall–Kier alpha value is -1.39. The maximum absolute atomic E-state index is 13.1. The summed E-state index contributed by atoms with van der Waals surface area (Å²) in [5, 5.41) is 0. The Morgan fingerprint density at radius 2 is 1.93 bits per heavy atom. The summed E-state index contributed by atoms with van der Waals surface area (Å²) in [6.07, 6.45) is 7.19. The largest absolute Gasteiger partial charge is 0.381 e. The highest BCUT2D eigenvalue weighted by atomic mass is 16.5. The summed E-state index contributed by atoms with van der Waals surface area (Å²) in [6, 6.07) is 8.80. The first-order chi connectivity index (χ1) is 13.6. The Morgan fingerprint density at radius 3 is 2.68 bits per heavy atom. The smallest absolute Gasteiger partial charge is 0.225 e. The van der Waals surface area contributed by atoms with E-state index in [4.69, 9.17) is 4.74 Å². The van der Waals surface area contributed by atoms with Gasteiger partial charge in [0.15, 0.2) is 0 Å². The van der Waals surface area contributed by atoms with Gasteiger partial charge in [-0.05, 0) is 55.7 Å². The lowest BCUT2D eigenvalue weighted by Crippen LogP contribution is -2.60. The number of nitrogens with zero attached hydrogens (tertiary/aromatic N) is 2. The quantitative estimate of drug-likeness (QED) is 0.793. The SMILES string of the molecule is CC(C)C(=O)N1Cc2ccccc2CC2(CCCCN2CC2CCOCC2)C1. The summed E-state index contributed by atoms with van der Waals surface area (Å²) in [4.78, 5) is 18.0. The first kappa shape index (κ1) is 19.9. The number of fused-ring (bicyclic) bond motifs is 1. The van der Waals surface area contributed by atoms with E-state index < -0.39 is 0 Å². The average molecular weight is 385 g/mol. The van der Waals surface area contributed by atoms with Crippen LogP contribution in [0, 0.1) is 11.8 Å². The van der Waals surface area contributed by atoms with Crippen molar-refractivity contribution in [3.63, 3.8) is 0 Å². The normalized spacial score (nSPS) is 27.0. The topological polar surface area (TPSA) is 32.8 Å². The minimum Gasteiger partial charge on any atom is -0.381 e. The Morgan fingerprint density at radius 1 is 1.18 bits per heavy atom. The van der Waals surface area contributed by atoms with Crippen LogP contribution in [0.2, 0.25) is 0 Å². The van der Waals surface area contributed by atoms with E-state index in [0.717, 1.165) is 45.2 Å². The number of amides is 1.